The van der Waals surface area contributed by atoms with Crippen LogP contribution in [0.15, 0.2) is 66.7 Å². The molecule has 0 spiro atoms. The van der Waals surface area contributed by atoms with Crippen LogP contribution in [0.4, 0.5) is 0 Å². The third kappa shape index (κ3) is 7.51. The second kappa shape index (κ2) is 13.2. The Labute approximate surface area is 214 Å². The van der Waals surface area contributed by atoms with Crippen molar-refractivity contribution in [3.63, 3.8) is 0 Å². The number of imidazole rings is 1. The Morgan fingerprint density at radius 1 is 1.00 bits per heavy atom. The van der Waals surface area contributed by atoms with Gasteiger partial charge in [0.25, 0.3) is 0 Å². The van der Waals surface area contributed by atoms with Gasteiger partial charge in [0, 0.05) is 13.1 Å². The zero-order valence-corrected chi connectivity index (χ0v) is 21.5. The first-order chi connectivity index (χ1) is 17.4. The summed E-state index contributed by atoms with van der Waals surface area (Å²) in [5.41, 5.74) is 3.11. The number of hydrogen-bond donors (Lipinski definition) is 1. The van der Waals surface area contributed by atoms with E-state index >= 15 is 0 Å². The second-order valence-corrected chi connectivity index (χ2v) is 8.60. The molecule has 0 aliphatic rings. The predicted octanol–water partition coefficient (Wildman–Crippen LogP) is 4.88. The van der Waals surface area contributed by atoms with Crippen LogP contribution in [0.5, 0.6) is 23.0 Å². The van der Waals surface area contributed by atoms with Gasteiger partial charge in [0.15, 0.2) is 0 Å². The minimum Gasteiger partial charge on any atom is -0.497 e. The number of carbonyl (C=O) groups is 2. The Kier molecular flexibility index (Phi) is 9.76. The summed E-state index contributed by atoms with van der Waals surface area (Å²) >= 11 is 1.38. The van der Waals surface area contributed by atoms with Crippen LogP contribution in [-0.4, -0.2) is 41.0 Å². The molecule has 3 aromatic carbocycles. The number of rotatable bonds is 9. The zero-order chi connectivity index (χ0) is 25.9. The fourth-order valence-electron chi connectivity index (χ4n) is 3.21. The van der Waals surface area contributed by atoms with Gasteiger partial charge in [-0.1, -0.05) is 17.7 Å². The summed E-state index contributed by atoms with van der Waals surface area (Å²) in [6, 6.07) is 21.4. The van der Waals surface area contributed by atoms with Crippen molar-refractivity contribution >= 4 is 35.1 Å². The van der Waals surface area contributed by atoms with E-state index in [1.165, 1.54) is 17.3 Å². The fraction of sp³-hybridized carbons (Fsp3) is 0.222. The van der Waals surface area contributed by atoms with Gasteiger partial charge in [-0.25, -0.2) is 4.98 Å². The van der Waals surface area contributed by atoms with Crippen LogP contribution in [0.2, 0.25) is 0 Å². The van der Waals surface area contributed by atoms with Crippen molar-refractivity contribution in [2.24, 2.45) is 7.05 Å². The molecule has 0 bridgehead atoms. The molecule has 0 unspecified atom stereocenters. The van der Waals surface area contributed by atoms with Crippen molar-refractivity contribution < 1.29 is 23.8 Å². The van der Waals surface area contributed by atoms with E-state index in [9.17, 15) is 9.59 Å². The Morgan fingerprint density at radius 3 is 2.28 bits per heavy atom. The van der Waals surface area contributed by atoms with Crippen LogP contribution in [-0.2, 0) is 23.2 Å². The first-order valence-corrected chi connectivity index (χ1v) is 12.5. The SMILES string of the molecule is COc1ccc(Oc2ccc3nc(COc4ccc(C)cc4)n(C)c3c2)cc1.CSCC(=O)NC=O. The van der Waals surface area contributed by atoms with Gasteiger partial charge in [0.2, 0.25) is 12.3 Å². The first kappa shape index (κ1) is 26.6. The van der Waals surface area contributed by atoms with Gasteiger partial charge in [-0.3, -0.25) is 14.9 Å². The summed E-state index contributed by atoms with van der Waals surface area (Å²) in [5, 5.41) is 2.01. The van der Waals surface area contributed by atoms with E-state index in [-0.39, 0.29) is 5.91 Å². The third-order valence-electron chi connectivity index (χ3n) is 5.12. The summed E-state index contributed by atoms with van der Waals surface area (Å²) in [5.74, 6) is 4.11. The molecule has 4 aromatic rings. The maximum atomic E-state index is 10.3. The number of benzene rings is 3. The van der Waals surface area contributed by atoms with Crippen molar-refractivity contribution in [3.8, 4) is 23.0 Å². The van der Waals surface area contributed by atoms with Crippen LogP contribution in [0.1, 0.15) is 11.4 Å². The monoisotopic (exact) mass is 507 g/mol. The Hall–Kier alpha value is -3.98. The number of nitrogens with one attached hydrogen (secondary N) is 1. The number of imide groups is 1. The molecule has 2 amide bonds. The maximum absolute atomic E-state index is 10.3. The summed E-state index contributed by atoms with van der Waals surface area (Å²) in [6.45, 7) is 2.46. The number of carbonyl (C=O) groups excluding carboxylic acids is 2. The molecule has 0 aliphatic heterocycles. The van der Waals surface area contributed by atoms with E-state index in [4.69, 9.17) is 14.2 Å². The fourth-order valence-corrected chi connectivity index (χ4v) is 3.56. The third-order valence-corrected chi connectivity index (χ3v) is 5.68. The molecule has 0 atom stereocenters. The van der Waals surface area contributed by atoms with Crippen LogP contribution in [0.25, 0.3) is 11.0 Å². The molecule has 0 radical (unpaired) electrons. The van der Waals surface area contributed by atoms with Crippen LogP contribution in [0.3, 0.4) is 0 Å². The van der Waals surface area contributed by atoms with Gasteiger partial charge < -0.3 is 18.8 Å². The van der Waals surface area contributed by atoms with Crippen molar-refractivity contribution in [1.29, 1.82) is 0 Å². The van der Waals surface area contributed by atoms with Crippen LogP contribution >= 0.6 is 11.8 Å². The van der Waals surface area contributed by atoms with Crippen LogP contribution < -0.4 is 19.5 Å². The number of ether oxygens (including phenoxy) is 3. The lowest BCUT2D eigenvalue weighted by Crippen LogP contribution is -2.22. The van der Waals surface area contributed by atoms with Crippen molar-refractivity contribution in [3.05, 3.63) is 78.1 Å². The van der Waals surface area contributed by atoms with E-state index < -0.39 is 0 Å². The Bertz CT molecular complexity index is 1290. The molecular weight excluding hydrogens is 478 g/mol. The molecule has 0 saturated heterocycles. The van der Waals surface area contributed by atoms with Gasteiger partial charge in [-0.15, -0.1) is 0 Å². The summed E-state index contributed by atoms with van der Waals surface area (Å²) in [6.07, 6.45) is 2.18. The molecule has 0 fully saturated rings. The van der Waals surface area contributed by atoms with Gasteiger partial charge >= 0.3 is 0 Å². The quantitative estimate of drug-likeness (QED) is 0.323. The summed E-state index contributed by atoms with van der Waals surface area (Å²) < 4.78 is 19.1. The number of methoxy groups -OCH3 is 1. The molecule has 8 nitrogen and oxygen atoms in total. The van der Waals surface area contributed by atoms with Crippen molar-refractivity contribution in [1.82, 2.24) is 14.9 Å². The van der Waals surface area contributed by atoms with Crippen LogP contribution in [0, 0.1) is 6.92 Å². The summed E-state index contributed by atoms with van der Waals surface area (Å²) in [4.78, 5) is 24.5. The molecule has 1 N–H and O–H groups in total. The van der Waals surface area contributed by atoms with Gasteiger partial charge in [-0.05, 0) is 61.7 Å². The highest BCUT2D eigenvalue weighted by Gasteiger charge is 2.10. The Balaban J connectivity index is 0.000000392. The largest absolute Gasteiger partial charge is 0.497 e. The number of amides is 2. The Morgan fingerprint density at radius 2 is 1.64 bits per heavy atom. The van der Waals surface area contributed by atoms with Gasteiger partial charge in [0.05, 0.1) is 23.9 Å². The van der Waals surface area contributed by atoms with E-state index in [0.717, 1.165) is 39.9 Å². The molecular formula is C27H29N3O5S. The molecule has 1 heterocycles. The smallest absolute Gasteiger partial charge is 0.236 e. The highest BCUT2D eigenvalue weighted by molar-refractivity contribution is 7.99. The van der Waals surface area contributed by atoms with Crippen molar-refractivity contribution in [2.45, 2.75) is 13.5 Å². The highest BCUT2D eigenvalue weighted by atomic mass is 32.2. The highest BCUT2D eigenvalue weighted by Crippen LogP contribution is 2.27. The lowest BCUT2D eigenvalue weighted by atomic mass is 10.2. The minimum atomic E-state index is -0.243. The van der Waals surface area contributed by atoms with Gasteiger partial charge in [0.1, 0.15) is 35.4 Å². The molecule has 188 valence electrons. The zero-order valence-electron chi connectivity index (χ0n) is 20.7. The molecule has 0 saturated carbocycles. The maximum Gasteiger partial charge on any atom is 0.236 e. The van der Waals surface area contributed by atoms with E-state index in [0.29, 0.717) is 18.8 Å². The molecule has 1 aromatic heterocycles. The van der Waals surface area contributed by atoms with E-state index in [2.05, 4.69) is 11.9 Å². The first-order valence-electron chi connectivity index (χ1n) is 11.1. The lowest BCUT2D eigenvalue weighted by molar-refractivity contribution is -0.123. The molecule has 36 heavy (non-hydrogen) atoms. The molecule has 0 aliphatic carbocycles. The topological polar surface area (TPSA) is 91.7 Å². The standard InChI is InChI=1S/C23H22N2O3.C4H7NO2S/c1-16-4-6-18(7-5-16)27-15-23-24-21-13-12-20(14-22(21)25(23)2)28-19-10-8-17(26-3)9-11-19;1-8-2-4(7)5-3-6/h4-14H,15H2,1-3H3;3H,2H2,1H3,(H,5,6,7). The lowest BCUT2D eigenvalue weighted by Gasteiger charge is -2.08. The van der Waals surface area contributed by atoms with E-state index in [1.54, 1.807) is 13.4 Å². The molecule has 9 heteroatoms. The number of nitrogens with zero attached hydrogens (tertiary/aromatic N) is 2. The van der Waals surface area contributed by atoms with E-state index in [1.807, 2.05) is 83.7 Å². The minimum absolute atomic E-state index is 0.243. The number of thioether (sulfide) groups is 1. The predicted molar refractivity (Wildman–Crippen MR) is 142 cm³/mol. The average molecular weight is 508 g/mol. The number of aryl methyl sites for hydroxylation is 2. The number of fused-ring (bicyclic) bond motifs is 1. The number of hydrogen-bond acceptors (Lipinski definition) is 7. The van der Waals surface area contributed by atoms with Gasteiger partial charge in [-0.2, -0.15) is 11.8 Å². The normalized spacial score (nSPS) is 10.2. The second-order valence-electron chi connectivity index (χ2n) is 7.74. The average Bonchev–Trinajstić information content (AvgIpc) is 3.20. The summed E-state index contributed by atoms with van der Waals surface area (Å²) in [7, 11) is 3.63. The number of aromatic nitrogens is 2. The van der Waals surface area contributed by atoms with Crippen molar-refractivity contribution in [2.75, 3.05) is 19.1 Å². The molecule has 4 rings (SSSR count).